The number of nitrogens with one attached hydrogen (secondary N) is 1. The van der Waals surface area contributed by atoms with Crippen molar-refractivity contribution in [3.8, 4) is 17.6 Å². The van der Waals surface area contributed by atoms with Gasteiger partial charge in [-0.05, 0) is 42.8 Å². The zero-order chi connectivity index (χ0) is 24.3. The van der Waals surface area contributed by atoms with Crippen LogP contribution in [0.5, 0.6) is 11.5 Å². The summed E-state index contributed by atoms with van der Waals surface area (Å²) in [6.07, 6.45) is 0.113. The number of nitriles is 1. The number of hydrogen-bond donors (Lipinski definition) is 1. The van der Waals surface area contributed by atoms with Crippen molar-refractivity contribution in [3.05, 3.63) is 95.6 Å². The van der Waals surface area contributed by atoms with Gasteiger partial charge in [-0.1, -0.05) is 54.6 Å². The molecule has 1 atom stereocenters. The van der Waals surface area contributed by atoms with Gasteiger partial charge in [-0.25, -0.2) is 4.79 Å². The van der Waals surface area contributed by atoms with Crippen LogP contribution in [0.15, 0.2) is 84.4 Å². The fourth-order valence-electron chi connectivity index (χ4n) is 3.12. The molecule has 3 aromatic rings. The van der Waals surface area contributed by atoms with Crippen molar-refractivity contribution in [3.63, 3.8) is 0 Å². The summed E-state index contributed by atoms with van der Waals surface area (Å²) < 4.78 is 16.2. The summed E-state index contributed by atoms with van der Waals surface area (Å²) in [6.45, 7) is 2.26. The van der Waals surface area contributed by atoms with Crippen LogP contribution in [0.3, 0.4) is 0 Å². The number of carbonyl (C=O) groups is 2. The summed E-state index contributed by atoms with van der Waals surface area (Å²) >= 11 is 0. The molecule has 1 N–H and O–H groups in total. The van der Waals surface area contributed by atoms with Crippen molar-refractivity contribution in [1.82, 2.24) is 0 Å². The number of para-hydroxylation sites is 2. The van der Waals surface area contributed by atoms with Crippen LogP contribution in [-0.2, 0) is 14.3 Å². The Labute approximate surface area is 198 Å². The number of carbonyl (C=O) groups excluding carboxylic acids is 2. The number of ether oxygens (including phenoxy) is 3. The highest BCUT2D eigenvalue weighted by Crippen LogP contribution is 2.27. The van der Waals surface area contributed by atoms with Crippen molar-refractivity contribution in [2.24, 2.45) is 0 Å². The van der Waals surface area contributed by atoms with Gasteiger partial charge < -0.3 is 19.5 Å². The number of esters is 1. The molecule has 3 rings (SSSR count). The second-order valence-electron chi connectivity index (χ2n) is 7.06. The van der Waals surface area contributed by atoms with Gasteiger partial charge in [0.15, 0.2) is 0 Å². The smallest absolute Gasteiger partial charge is 0.350 e. The minimum absolute atomic E-state index is 0.242. The second-order valence-corrected chi connectivity index (χ2v) is 7.06. The number of amides is 1. The van der Waals surface area contributed by atoms with Gasteiger partial charge in [-0.3, -0.25) is 4.79 Å². The van der Waals surface area contributed by atoms with E-state index < -0.39 is 18.0 Å². The zero-order valence-corrected chi connectivity index (χ0v) is 18.9. The Bertz CT molecular complexity index is 1200. The molecule has 0 saturated heterocycles. The van der Waals surface area contributed by atoms with E-state index in [2.05, 4.69) is 5.32 Å². The molecule has 0 heterocycles. The molecule has 0 bridgehead atoms. The maximum atomic E-state index is 13.2. The number of nitrogens with zero attached hydrogens (tertiary/aromatic N) is 1. The minimum Gasteiger partial charge on any atom is -0.497 e. The highest BCUT2D eigenvalue weighted by molar-refractivity contribution is 6.01. The van der Waals surface area contributed by atoms with E-state index in [4.69, 9.17) is 14.2 Å². The molecule has 0 radical (unpaired) electrons. The summed E-state index contributed by atoms with van der Waals surface area (Å²) in [5, 5.41) is 12.3. The normalized spacial score (nSPS) is 11.6. The number of hydrogen-bond acceptors (Lipinski definition) is 6. The first kappa shape index (κ1) is 24.1. The maximum Gasteiger partial charge on any atom is 0.350 e. The largest absolute Gasteiger partial charge is 0.497 e. The first-order chi connectivity index (χ1) is 16.5. The van der Waals surface area contributed by atoms with Crippen LogP contribution in [0.4, 0.5) is 5.69 Å². The second kappa shape index (κ2) is 11.9. The molecular weight excluding hydrogens is 432 g/mol. The molecule has 7 heteroatoms. The van der Waals surface area contributed by atoms with Crippen LogP contribution in [-0.4, -0.2) is 25.6 Å². The van der Waals surface area contributed by atoms with Crippen molar-refractivity contribution >= 4 is 23.6 Å². The molecule has 3 aromatic carbocycles. The Morgan fingerprint density at radius 3 is 2.32 bits per heavy atom. The van der Waals surface area contributed by atoms with Gasteiger partial charge >= 0.3 is 5.97 Å². The van der Waals surface area contributed by atoms with Gasteiger partial charge in [0.2, 0.25) is 6.10 Å². The Hall–Kier alpha value is -4.57. The van der Waals surface area contributed by atoms with Gasteiger partial charge in [0, 0.05) is 5.56 Å². The Morgan fingerprint density at radius 1 is 1.00 bits per heavy atom. The van der Waals surface area contributed by atoms with Gasteiger partial charge in [0.25, 0.3) is 5.91 Å². The molecule has 0 aliphatic rings. The first-order valence-corrected chi connectivity index (χ1v) is 10.6. The first-order valence-electron chi connectivity index (χ1n) is 10.6. The van der Waals surface area contributed by atoms with E-state index in [1.165, 1.54) is 6.08 Å². The van der Waals surface area contributed by atoms with Crippen LogP contribution >= 0.6 is 0 Å². The Kier molecular flexibility index (Phi) is 8.42. The standard InChI is InChI=1S/C27H24N2O5/c1-3-33-24-12-8-7-11-23(24)29-26(30)25(20-9-5-4-6-10-20)34-27(31)21(18-28)17-19-13-15-22(32-2)16-14-19/h4-17,25H,3H2,1-2H3,(H,29,30). The van der Waals surface area contributed by atoms with E-state index in [9.17, 15) is 14.9 Å². The lowest BCUT2D eigenvalue weighted by atomic mass is 10.1. The van der Waals surface area contributed by atoms with Gasteiger partial charge in [0.1, 0.15) is 23.1 Å². The summed E-state index contributed by atoms with van der Waals surface area (Å²) in [5.41, 5.74) is 1.28. The quantitative estimate of drug-likeness (QED) is 0.279. The van der Waals surface area contributed by atoms with E-state index in [-0.39, 0.29) is 5.57 Å². The average Bonchev–Trinajstić information content (AvgIpc) is 2.87. The van der Waals surface area contributed by atoms with Crippen LogP contribution in [0.2, 0.25) is 0 Å². The lowest BCUT2D eigenvalue weighted by Crippen LogP contribution is -2.26. The zero-order valence-electron chi connectivity index (χ0n) is 18.9. The number of anilines is 1. The maximum absolute atomic E-state index is 13.2. The SMILES string of the molecule is CCOc1ccccc1NC(=O)C(OC(=O)C(C#N)=Cc1ccc(OC)cc1)c1ccccc1. The average molecular weight is 456 g/mol. The lowest BCUT2D eigenvalue weighted by molar-refractivity contribution is -0.150. The molecule has 34 heavy (non-hydrogen) atoms. The molecule has 0 spiro atoms. The van der Waals surface area contributed by atoms with Crippen LogP contribution in [0.1, 0.15) is 24.2 Å². The van der Waals surface area contributed by atoms with Crippen LogP contribution < -0.4 is 14.8 Å². The molecule has 0 saturated carbocycles. The van der Waals surface area contributed by atoms with Crippen LogP contribution in [0, 0.1) is 11.3 Å². The summed E-state index contributed by atoms with van der Waals surface area (Å²) in [6, 6.07) is 24.2. The molecule has 0 aliphatic heterocycles. The molecule has 7 nitrogen and oxygen atoms in total. The summed E-state index contributed by atoms with van der Waals surface area (Å²) in [5.74, 6) is -0.353. The lowest BCUT2D eigenvalue weighted by Gasteiger charge is -2.19. The topological polar surface area (TPSA) is 97.6 Å². The number of rotatable bonds is 9. The number of methoxy groups -OCH3 is 1. The third kappa shape index (κ3) is 6.24. The molecule has 1 amide bonds. The molecule has 1 unspecified atom stereocenters. The molecule has 0 aliphatic carbocycles. The third-order valence-electron chi connectivity index (χ3n) is 4.78. The highest BCUT2D eigenvalue weighted by Gasteiger charge is 2.27. The van der Waals surface area contributed by atoms with E-state index in [1.54, 1.807) is 86.0 Å². The van der Waals surface area contributed by atoms with E-state index in [0.29, 0.717) is 34.9 Å². The summed E-state index contributed by atoms with van der Waals surface area (Å²) in [4.78, 5) is 26.1. The fraction of sp³-hybridized carbons (Fsp3) is 0.148. The van der Waals surface area contributed by atoms with Gasteiger partial charge in [0.05, 0.1) is 19.4 Å². The van der Waals surface area contributed by atoms with Crippen LogP contribution in [0.25, 0.3) is 6.08 Å². The predicted octanol–water partition coefficient (Wildman–Crippen LogP) is 4.92. The van der Waals surface area contributed by atoms with E-state index in [1.807, 2.05) is 13.0 Å². The third-order valence-corrected chi connectivity index (χ3v) is 4.78. The van der Waals surface area contributed by atoms with Crippen molar-refractivity contribution in [2.45, 2.75) is 13.0 Å². The van der Waals surface area contributed by atoms with E-state index in [0.717, 1.165) is 0 Å². The Morgan fingerprint density at radius 2 is 1.68 bits per heavy atom. The Balaban J connectivity index is 1.86. The van der Waals surface area contributed by atoms with Crippen molar-refractivity contribution < 1.29 is 23.8 Å². The number of benzene rings is 3. The minimum atomic E-state index is -1.28. The fourth-order valence-corrected chi connectivity index (χ4v) is 3.12. The predicted molar refractivity (Wildman–Crippen MR) is 128 cm³/mol. The van der Waals surface area contributed by atoms with Gasteiger partial charge in [-0.2, -0.15) is 5.26 Å². The van der Waals surface area contributed by atoms with E-state index >= 15 is 0 Å². The highest BCUT2D eigenvalue weighted by atomic mass is 16.5. The van der Waals surface area contributed by atoms with Crippen molar-refractivity contribution in [1.29, 1.82) is 5.26 Å². The molecule has 0 fully saturated rings. The molecule has 172 valence electrons. The molecule has 0 aromatic heterocycles. The molecular formula is C27H24N2O5. The summed E-state index contributed by atoms with van der Waals surface area (Å²) in [7, 11) is 1.55. The van der Waals surface area contributed by atoms with Gasteiger partial charge in [-0.15, -0.1) is 0 Å². The van der Waals surface area contributed by atoms with Crippen molar-refractivity contribution in [2.75, 3.05) is 19.0 Å². The monoisotopic (exact) mass is 456 g/mol.